The molecule has 0 bridgehead atoms. The van der Waals surface area contributed by atoms with Crippen LogP contribution >= 0.6 is 0 Å². The maximum Gasteiger partial charge on any atom is 0.380 e. The van der Waals surface area contributed by atoms with Crippen LogP contribution < -0.4 is 28.3 Å². The molecule has 0 aliphatic carbocycles. The lowest BCUT2D eigenvalue weighted by atomic mass is 10.1. The van der Waals surface area contributed by atoms with Gasteiger partial charge in [-0.2, -0.15) is 13.6 Å². The third kappa shape index (κ3) is 5.28. The van der Waals surface area contributed by atoms with E-state index in [1.807, 2.05) is 0 Å². The second-order valence-corrected chi connectivity index (χ2v) is 6.43. The average molecular weight is 395 g/mol. The highest BCUT2D eigenvalue weighted by Gasteiger charge is 2.13. The van der Waals surface area contributed by atoms with Gasteiger partial charge in [0, 0.05) is 0 Å². The van der Waals surface area contributed by atoms with Crippen molar-refractivity contribution >= 4 is 22.5 Å². The minimum atomic E-state index is -4.17. The summed E-state index contributed by atoms with van der Waals surface area (Å²) < 4.78 is 48.2. The first-order chi connectivity index (χ1) is 12.8. The van der Waals surface area contributed by atoms with Gasteiger partial charge in [0.05, 0.1) is 28.4 Å². The Hall–Kier alpha value is -2.91. The van der Waals surface area contributed by atoms with E-state index in [1.165, 1.54) is 34.5 Å². The van der Waals surface area contributed by atoms with E-state index < -0.39 is 10.3 Å². The van der Waals surface area contributed by atoms with Crippen molar-refractivity contribution in [3.05, 3.63) is 41.5 Å². The lowest BCUT2D eigenvalue weighted by molar-refractivity contribution is 0.324. The van der Waals surface area contributed by atoms with Crippen molar-refractivity contribution in [3.8, 4) is 28.7 Å². The zero-order valence-electron chi connectivity index (χ0n) is 15.4. The topological polar surface area (TPSA) is 106 Å². The number of benzene rings is 2. The van der Waals surface area contributed by atoms with E-state index in [4.69, 9.17) is 28.3 Å². The van der Waals surface area contributed by atoms with Crippen LogP contribution in [0.5, 0.6) is 28.7 Å². The Kier molecular flexibility index (Phi) is 6.54. The lowest BCUT2D eigenvalue weighted by Gasteiger charge is -2.13. The lowest BCUT2D eigenvalue weighted by Crippen LogP contribution is -2.19. The van der Waals surface area contributed by atoms with Gasteiger partial charge < -0.3 is 23.1 Å². The molecule has 2 rings (SSSR count). The first-order valence-electron chi connectivity index (χ1n) is 7.69. The number of hydrogen-bond donors (Lipinski definition) is 1. The fourth-order valence-corrected chi connectivity index (χ4v) is 2.76. The van der Waals surface area contributed by atoms with E-state index in [2.05, 4.69) is 0 Å². The summed E-state index contributed by atoms with van der Waals surface area (Å²) in [5, 5.41) is 4.93. The van der Waals surface area contributed by atoms with Crippen molar-refractivity contribution in [1.82, 2.24) is 0 Å². The van der Waals surface area contributed by atoms with Gasteiger partial charge >= 0.3 is 10.3 Å². The molecule has 2 aromatic carbocycles. The molecule has 0 amide bonds. The summed E-state index contributed by atoms with van der Waals surface area (Å²) in [6.07, 6.45) is 3.56. The summed E-state index contributed by atoms with van der Waals surface area (Å²) in [7, 11) is 1.82. The van der Waals surface area contributed by atoms with Crippen LogP contribution in [0.2, 0.25) is 0 Å². The summed E-state index contributed by atoms with van der Waals surface area (Å²) in [6, 6.07) is 8.38. The third-order valence-electron chi connectivity index (χ3n) is 3.55. The Balaban J connectivity index is 2.39. The van der Waals surface area contributed by atoms with E-state index in [1.54, 1.807) is 36.4 Å². The van der Waals surface area contributed by atoms with Gasteiger partial charge in [0.2, 0.25) is 5.75 Å². The van der Waals surface area contributed by atoms with E-state index in [-0.39, 0.29) is 11.5 Å². The summed E-state index contributed by atoms with van der Waals surface area (Å²) in [6.45, 7) is 0. The minimum absolute atomic E-state index is 0.00737. The first kappa shape index (κ1) is 20.4. The SMILES string of the molecule is COc1ccc(/C=C\c2cc(OC)c(OC)c(OC)c2)cc1OS(N)(=O)=O. The van der Waals surface area contributed by atoms with Crippen molar-refractivity contribution in [2.75, 3.05) is 28.4 Å². The molecule has 0 spiro atoms. The van der Waals surface area contributed by atoms with Gasteiger partial charge in [-0.3, -0.25) is 0 Å². The molecular formula is C18H21NO7S. The molecule has 0 saturated heterocycles. The molecule has 0 unspecified atom stereocenters. The number of rotatable bonds is 8. The molecule has 8 nitrogen and oxygen atoms in total. The monoisotopic (exact) mass is 395 g/mol. The minimum Gasteiger partial charge on any atom is -0.493 e. The molecular weight excluding hydrogens is 374 g/mol. The highest BCUT2D eigenvalue weighted by molar-refractivity contribution is 7.84. The second kappa shape index (κ2) is 8.65. The molecule has 0 radical (unpaired) electrons. The van der Waals surface area contributed by atoms with Gasteiger partial charge in [0.25, 0.3) is 0 Å². The van der Waals surface area contributed by atoms with E-state index >= 15 is 0 Å². The molecule has 0 saturated carbocycles. The fourth-order valence-electron chi connectivity index (χ4n) is 2.38. The van der Waals surface area contributed by atoms with Crippen LogP contribution in [0.25, 0.3) is 12.2 Å². The quantitative estimate of drug-likeness (QED) is 0.684. The Morgan fingerprint density at radius 2 is 1.26 bits per heavy atom. The molecule has 0 heterocycles. The van der Waals surface area contributed by atoms with Crippen molar-refractivity contribution in [2.24, 2.45) is 5.14 Å². The average Bonchev–Trinajstić information content (AvgIpc) is 2.64. The number of methoxy groups -OCH3 is 4. The Labute approximate surface area is 158 Å². The highest BCUT2D eigenvalue weighted by Crippen LogP contribution is 2.38. The van der Waals surface area contributed by atoms with Gasteiger partial charge in [-0.1, -0.05) is 18.2 Å². The first-order valence-corrected chi connectivity index (χ1v) is 9.16. The molecule has 0 aliphatic rings. The molecule has 146 valence electrons. The number of ether oxygens (including phenoxy) is 4. The Bertz CT molecular complexity index is 914. The molecule has 0 aromatic heterocycles. The van der Waals surface area contributed by atoms with E-state index in [9.17, 15) is 8.42 Å². The van der Waals surface area contributed by atoms with Crippen LogP contribution in [0.3, 0.4) is 0 Å². The van der Waals surface area contributed by atoms with Crippen LogP contribution in [-0.2, 0) is 10.3 Å². The predicted octanol–water partition coefficient (Wildman–Crippen LogP) is 2.47. The predicted molar refractivity (Wildman–Crippen MR) is 102 cm³/mol. The van der Waals surface area contributed by atoms with Gasteiger partial charge in [-0.05, 0) is 35.4 Å². The van der Waals surface area contributed by atoms with Gasteiger partial charge in [-0.15, -0.1) is 0 Å². The van der Waals surface area contributed by atoms with Gasteiger partial charge in [0.15, 0.2) is 23.0 Å². The molecule has 0 aliphatic heterocycles. The van der Waals surface area contributed by atoms with Crippen LogP contribution in [-0.4, -0.2) is 36.9 Å². The maximum atomic E-state index is 11.2. The van der Waals surface area contributed by atoms with Crippen LogP contribution in [0, 0.1) is 0 Å². The largest absolute Gasteiger partial charge is 0.493 e. The molecule has 2 N–H and O–H groups in total. The molecule has 0 atom stereocenters. The van der Waals surface area contributed by atoms with Crippen molar-refractivity contribution in [1.29, 1.82) is 0 Å². The smallest absolute Gasteiger partial charge is 0.380 e. The summed E-state index contributed by atoms with van der Waals surface area (Å²) >= 11 is 0. The van der Waals surface area contributed by atoms with E-state index in [0.29, 0.717) is 22.8 Å². The van der Waals surface area contributed by atoms with Gasteiger partial charge in [0.1, 0.15) is 0 Å². The Morgan fingerprint density at radius 1 is 0.741 bits per heavy atom. The normalized spacial score (nSPS) is 11.3. The third-order valence-corrected chi connectivity index (χ3v) is 3.96. The van der Waals surface area contributed by atoms with Crippen molar-refractivity contribution in [3.63, 3.8) is 0 Å². The summed E-state index contributed by atoms with van der Waals surface area (Å²) in [4.78, 5) is 0. The summed E-state index contributed by atoms with van der Waals surface area (Å²) in [5.74, 6) is 1.76. The number of hydrogen-bond acceptors (Lipinski definition) is 7. The molecule has 9 heteroatoms. The second-order valence-electron chi connectivity index (χ2n) is 5.28. The Morgan fingerprint density at radius 3 is 1.74 bits per heavy atom. The zero-order valence-corrected chi connectivity index (χ0v) is 16.2. The fraction of sp³-hybridized carbons (Fsp3) is 0.222. The van der Waals surface area contributed by atoms with Crippen LogP contribution in [0.15, 0.2) is 30.3 Å². The zero-order chi connectivity index (χ0) is 20.0. The van der Waals surface area contributed by atoms with Crippen molar-refractivity contribution < 1.29 is 31.5 Å². The van der Waals surface area contributed by atoms with Gasteiger partial charge in [-0.25, -0.2) is 0 Å². The van der Waals surface area contributed by atoms with E-state index in [0.717, 1.165) is 5.56 Å². The number of nitrogens with two attached hydrogens (primary N) is 1. The summed E-state index contributed by atoms with van der Waals surface area (Å²) in [5.41, 5.74) is 1.46. The van der Waals surface area contributed by atoms with Crippen LogP contribution in [0.1, 0.15) is 11.1 Å². The highest BCUT2D eigenvalue weighted by atomic mass is 32.2. The van der Waals surface area contributed by atoms with Crippen molar-refractivity contribution in [2.45, 2.75) is 0 Å². The molecule has 2 aromatic rings. The molecule has 27 heavy (non-hydrogen) atoms. The standard InChI is InChI=1S/C18H21NO7S/c1-22-14-8-7-12(9-15(14)26-27(19,20)21)5-6-13-10-16(23-2)18(25-4)17(11-13)24-3/h5-11H,1-4H3,(H2,19,20,21)/b6-5-. The maximum absolute atomic E-state index is 11.2. The molecule has 0 fully saturated rings. The van der Waals surface area contributed by atoms with Crippen LogP contribution in [0.4, 0.5) is 0 Å².